The van der Waals surface area contributed by atoms with Crippen molar-refractivity contribution < 1.29 is 22.3 Å². The van der Waals surface area contributed by atoms with E-state index < -0.39 is 15.8 Å². The Morgan fingerprint density at radius 2 is 2.30 bits per heavy atom. The number of rotatable bonds is 5. The topological polar surface area (TPSA) is 55.8 Å². The van der Waals surface area contributed by atoms with Crippen LogP contribution in [0.3, 0.4) is 0 Å². The molecule has 23 heavy (non-hydrogen) atoms. The third-order valence-corrected chi connectivity index (χ3v) is 6.64. The van der Waals surface area contributed by atoms with Gasteiger partial charge in [0, 0.05) is 42.1 Å². The number of fused-ring (bicyclic) bond motifs is 1. The lowest BCUT2D eigenvalue weighted by molar-refractivity contribution is 0.0601. The van der Waals surface area contributed by atoms with Crippen molar-refractivity contribution in [2.24, 2.45) is 11.3 Å². The number of halogens is 2. The maximum Gasteiger partial charge on any atom is 0.218 e. The van der Waals surface area contributed by atoms with E-state index in [0.29, 0.717) is 32.9 Å². The monoisotopic (exact) mass is 363 g/mol. The van der Waals surface area contributed by atoms with Gasteiger partial charge in [0.15, 0.2) is 0 Å². The summed E-state index contributed by atoms with van der Waals surface area (Å²) in [5, 5.41) is 0.246. The van der Waals surface area contributed by atoms with Crippen LogP contribution < -0.4 is 0 Å². The van der Waals surface area contributed by atoms with Crippen LogP contribution >= 0.6 is 11.6 Å². The van der Waals surface area contributed by atoms with Crippen molar-refractivity contribution in [3.8, 4) is 0 Å². The molecule has 0 saturated carbocycles. The summed E-state index contributed by atoms with van der Waals surface area (Å²) in [7, 11) is -2.01. The molecule has 0 amide bonds. The number of methoxy groups -OCH3 is 1. The summed E-state index contributed by atoms with van der Waals surface area (Å²) in [6.07, 6.45) is 0. The fourth-order valence-corrected chi connectivity index (χ4v) is 5.24. The first-order valence-electron chi connectivity index (χ1n) is 7.35. The molecule has 1 aromatic rings. The summed E-state index contributed by atoms with van der Waals surface area (Å²) in [6.45, 7) is 2.22. The van der Waals surface area contributed by atoms with E-state index in [-0.39, 0.29) is 27.7 Å². The summed E-state index contributed by atoms with van der Waals surface area (Å²) < 4.78 is 51.4. The molecule has 128 valence electrons. The predicted octanol–water partition coefficient (Wildman–Crippen LogP) is 1.90. The van der Waals surface area contributed by atoms with Crippen LogP contribution in [-0.2, 0) is 25.2 Å². The zero-order chi connectivity index (χ0) is 16.7. The van der Waals surface area contributed by atoms with Crippen LogP contribution in [0.25, 0.3) is 0 Å². The highest BCUT2D eigenvalue weighted by Crippen LogP contribution is 2.42. The predicted molar refractivity (Wildman–Crippen MR) is 84.2 cm³/mol. The van der Waals surface area contributed by atoms with E-state index in [1.807, 2.05) is 0 Å². The van der Waals surface area contributed by atoms with E-state index in [1.54, 1.807) is 7.11 Å². The SMILES string of the molecule is COC[C@@]12COC[C@@H]1CN(S(=O)(=O)Cc1ccc(Cl)cc1F)C2. The van der Waals surface area contributed by atoms with Crippen molar-refractivity contribution in [1.29, 1.82) is 0 Å². The van der Waals surface area contributed by atoms with Gasteiger partial charge in [0.2, 0.25) is 10.0 Å². The van der Waals surface area contributed by atoms with Crippen LogP contribution in [0.4, 0.5) is 4.39 Å². The smallest absolute Gasteiger partial charge is 0.218 e. The molecule has 2 fully saturated rings. The fourth-order valence-electron chi connectivity index (χ4n) is 3.41. The summed E-state index contributed by atoms with van der Waals surface area (Å²) in [6, 6.07) is 4.04. The average molecular weight is 364 g/mol. The van der Waals surface area contributed by atoms with Gasteiger partial charge in [-0.2, -0.15) is 0 Å². The van der Waals surface area contributed by atoms with E-state index in [4.69, 9.17) is 21.1 Å². The molecule has 0 aliphatic carbocycles. The largest absolute Gasteiger partial charge is 0.384 e. The van der Waals surface area contributed by atoms with Gasteiger partial charge in [-0.3, -0.25) is 0 Å². The van der Waals surface area contributed by atoms with Gasteiger partial charge in [-0.25, -0.2) is 17.1 Å². The van der Waals surface area contributed by atoms with Gasteiger partial charge in [-0.15, -0.1) is 0 Å². The minimum absolute atomic E-state index is 0.118. The number of nitrogens with zero attached hydrogens (tertiary/aromatic N) is 1. The Morgan fingerprint density at radius 1 is 1.52 bits per heavy atom. The van der Waals surface area contributed by atoms with E-state index in [0.717, 1.165) is 6.07 Å². The van der Waals surface area contributed by atoms with E-state index in [1.165, 1.54) is 16.4 Å². The van der Waals surface area contributed by atoms with Crippen LogP contribution in [0.1, 0.15) is 5.56 Å². The highest BCUT2D eigenvalue weighted by atomic mass is 35.5. The second kappa shape index (κ2) is 6.29. The Bertz CT molecular complexity index is 699. The Kier molecular flexibility index (Phi) is 4.68. The van der Waals surface area contributed by atoms with E-state index in [2.05, 4.69) is 0 Å². The second-order valence-corrected chi connectivity index (χ2v) is 8.70. The van der Waals surface area contributed by atoms with Crippen molar-refractivity contribution in [3.63, 3.8) is 0 Å². The Morgan fingerprint density at radius 3 is 3.00 bits per heavy atom. The first-order chi connectivity index (χ1) is 10.9. The van der Waals surface area contributed by atoms with Gasteiger partial charge in [0.25, 0.3) is 0 Å². The molecule has 1 aromatic carbocycles. The van der Waals surface area contributed by atoms with Crippen LogP contribution in [0.2, 0.25) is 5.02 Å². The lowest BCUT2D eigenvalue weighted by atomic mass is 9.82. The summed E-state index contributed by atoms with van der Waals surface area (Å²) in [4.78, 5) is 0. The quantitative estimate of drug-likeness (QED) is 0.801. The van der Waals surface area contributed by atoms with Crippen molar-refractivity contribution in [3.05, 3.63) is 34.6 Å². The molecule has 2 saturated heterocycles. The highest BCUT2D eigenvalue weighted by molar-refractivity contribution is 7.88. The van der Waals surface area contributed by atoms with Gasteiger partial charge in [0.05, 0.1) is 25.6 Å². The Balaban J connectivity index is 1.78. The lowest BCUT2D eigenvalue weighted by Gasteiger charge is -2.26. The van der Waals surface area contributed by atoms with Crippen LogP contribution in [0, 0.1) is 17.2 Å². The van der Waals surface area contributed by atoms with Gasteiger partial charge in [0.1, 0.15) is 5.82 Å². The number of hydrogen-bond donors (Lipinski definition) is 0. The highest BCUT2D eigenvalue weighted by Gasteiger charge is 2.53. The first kappa shape index (κ1) is 17.1. The molecule has 0 spiro atoms. The van der Waals surface area contributed by atoms with Crippen molar-refractivity contribution in [1.82, 2.24) is 4.31 Å². The molecule has 2 aliphatic heterocycles. The minimum atomic E-state index is -3.61. The molecule has 2 aliphatic rings. The van der Waals surface area contributed by atoms with Crippen molar-refractivity contribution in [2.75, 3.05) is 40.0 Å². The maximum atomic E-state index is 13.9. The number of benzene rings is 1. The normalized spacial score (nSPS) is 28.2. The second-order valence-electron chi connectivity index (χ2n) is 6.29. The van der Waals surface area contributed by atoms with Crippen LogP contribution in [0.5, 0.6) is 0 Å². The maximum absolute atomic E-state index is 13.9. The molecule has 3 rings (SSSR count). The average Bonchev–Trinajstić information content (AvgIpc) is 2.99. The molecule has 0 N–H and O–H groups in total. The summed E-state index contributed by atoms with van der Waals surface area (Å²) in [5.74, 6) is -0.852. The lowest BCUT2D eigenvalue weighted by Crippen LogP contribution is -2.37. The van der Waals surface area contributed by atoms with E-state index >= 15 is 0 Å². The van der Waals surface area contributed by atoms with Crippen LogP contribution in [0.15, 0.2) is 18.2 Å². The molecule has 2 atom stereocenters. The Hall–Kier alpha value is -0.730. The standard InChI is InChI=1S/C15H19ClFNO4S/c1-21-9-15-8-18(5-12(15)6-22-10-15)23(19,20)7-11-2-3-13(16)4-14(11)17/h2-4,12H,5-10H2,1H3/t12-,15-/m0/s1. The van der Waals surface area contributed by atoms with Gasteiger partial charge in [-0.1, -0.05) is 17.7 Å². The summed E-state index contributed by atoms with van der Waals surface area (Å²) in [5.41, 5.74) is -0.163. The van der Waals surface area contributed by atoms with Crippen molar-refractivity contribution in [2.45, 2.75) is 5.75 Å². The van der Waals surface area contributed by atoms with Gasteiger partial charge >= 0.3 is 0 Å². The molecule has 0 aromatic heterocycles. The molecule has 0 unspecified atom stereocenters. The molecule has 5 nitrogen and oxygen atoms in total. The molecular formula is C15H19ClFNO4S. The van der Waals surface area contributed by atoms with Gasteiger partial charge in [-0.05, 0) is 12.1 Å². The number of sulfonamides is 1. The third kappa shape index (κ3) is 3.25. The van der Waals surface area contributed by atoms with E-state index in [9.17, 15) is 12.8 Å². The third-order valence-electron chi connectivity index (χ3n) is 4.67. The minimum Gasteiger partial charge on any atom is -0.384 e. The molecule has 8 heteroatoms. The zero-order valence-electron chi connectivity index (χ0n) is 12.8. The fraction of sp³-hybridized carbons (Fsp3) is 0.600. The molecule has 2 heterocycles. The molecule has 0 bridgehead atoms. The number of hydrogen-bond acceptors (Lipinski definition) is 4. The number of ether oxygens (including phenoxy) is 2. The first-order valence-corrected chi connectivity index (χ1v) is 9.33. The van der Waals surface area contributed by atoms with Crippen LogP contribution in [-0.4, -0.2) is 52.7 Å². The summed E-state index contributed by atoms with van der Waals surface area (Å²) >= 11 is 5.71. The van der Waals surface area contributed by atoms with Gasteiger partial charge < -0.3 is 9.47 Å². The zero-order valence-corrected chi connectivity index (χ0v) is 14.4. The molecular weight excluding hydrogens is 345 g/mol. The van der Waals surface area contributed by atoms with Crippen molar-refractivity contribution >= 4 is 21.6 Å². The Labute approximate surface area is 140 Å². The molecule has 0 radical (unpaired) electrons.